The minimum Gasteiger partial charge on any atom is -0.359 e. The maximum atomic E-state index is 11.9. The topological polar surface area (TPSA) is 184 Å². The van der Waals surface area contributed by atoms with Gasteiger partial charge in [-0.25, -0.2) is 15.0 Å². The van der Waals surface area contributed by atoms with Crippen molar-refractivity contribution >= 4 is 24.9 Å². The number of phosphoric acid groups is 1. The van der Waals surface area contributed by atoms with Gasteiger partial charge in [-0.05, 0) is 0 Å². The molecule has 0 amide bonds. The third kappa shape index (κ3) is 4.58. The van der Waals surface area contributed by atoms with Crippen LogP contribution in [0.1, 0.15) is 6.23 Å². The molecular formula is C10H17N6O7P. The van der Waals surface area contributed by atoms with Gasteiger partial charge in [0.05, 0.1) is 26.1 Å². The van der Waals surface area contributed by atoms with E-state index >= 15 is 0 Å². The van der Waals surface area contributed by atoms with Crippen molar-refractivity contribution in [3.63, 3.8) is 0 Å². The number of phosphoric ester groups is 1. The molecule has 13 nitrogen and oxygen atoms in total. The molecule has 0 aliphatic rings. The Kier molecular flexibility index (Phi) is 6.01. The lowest BCUT2D eigenvalue weighted by Gasteiger charge is -2.19. The van der Waals surface area contributed by atoms with Gasteiger partial charge < -0.3 is 25.0 Å². The molecule has 2 aromatic rings. The Morgan fingerprint density at radius 2 is 2.21 bits per heavy atom. The van der Waals surface area contributed by atoms with E-state index in [0.29, 0.717) is 0 Å². The summed E-state index contributed by atoms with van der Waals surface area (Å²) in [6.45, 7) is -0.640. The zero-order valence-corrected chi connectivity index (χ0v) is 13.4. The fraction of sp³-hybridized carbons (Fsp3) is 0.500. The van der Waals surface area contributed by atoms with E-state index in [1.54, 1.807) is 7.05 Å². The average Bonchev–Trinajstić information content (AvgIpc) is 2.93. The van der Waals surface area contributed by atoms with Crippen molar-refractivity contribution in [1.82, 2.24) is 25.0 Å². The van der Waals surface area contributed by atoms with Crippen LogP contribution in [0, 0.1) is 0 Å². The minimum atomic E-state index is -4.59. The summed E-state index contributed by atoms with van der Waals surface area (Å²) in [4.78, 5) is 39.7. The highest BCUT2D eigenvalue weighted by Gasteiger charge is 2.19. The number of aromatic nitrogens is 4. The molecule has 2 heterocycles. The number of H-pyrrole nitrogens is 1. The summed E-state index contributed by atoms with van der Waals surface area (Å²) in [7, 11) is -3.01. The van der Waals surface area contributed by atoms with Crippen LogP contribution in [0.5, 0.6) is 0 Å². The first kappa shape index (κ1) is 18.5. The van der Waals surface area contributed by atoms with Crippen LogP contribution in [-0.2, 0) is 13.8 Å². The number of anilines is 1. The number of ether oxygens (including phenoxy) is 1. The maximum absolute atomic E-state index is 11.9. The molecule has 0 spiro atoms. The van der Waals surface area contributed by atoms with E-state index in [4.69, 9.17) is 19.7 Å². The number of aromatic amines is 1. The number of nitrogens with one attached hydrogen (secondary N) is 3. The van der Waals surface area contributed by atoms with E-state index in [1.165, 1.54) is 10.9 Å². The van der Waals surface area contributed by atoms with Gasteiger partial charge in [-0.2, -0.15) is 4.98 Å². The molecule has 14 heteroatoms. The summed E-state index contributed by atoms with van der Waals surface area (Å²) in [5.41, 5.74) is 1.75. The Hall–Kier alpha value is -1.86. The molecule has 24 heavy (non-hydrogen) atoms. The van der Waals surface area contributed by atoms with Crippen LogP contribution in [0.25, 0.3) is 11.2 Å². The molecule has 0 aliphatic carbocycles. The number of fused-ring (bicyclic) bond motifs is 1. The average molecular weight is 364 g/mol. The van der Waals surface area contributed by atoms with Gasteiger partial charge in [0.25, 0.3) is 5.56 Å². The Morgan fingerprint density at radius 1 is 1.46 bits per heavy atom. The fourth-order valence-electron chi connectivity index (χ4n) is 1.91. The third-order valence-corrected chi connectivity index (χ3v) is 3.42. The SMILES string of the molecule is CNc1nc2c(ncn2[C@@H](CNO)OCCOP(=O)(O)O)c(=O)[nH]1. The Balaban J connectivity index is 2.21. The van der Waals surface area contributed by atoms with Gasteiger partial charge >= 0.3 is 7.82 Å². The van der Waals surface area contributed by atoms with Crippen molar-refractivity contribution in [2.45, 2.75) is 6.23 Å². The van der Waals surface area contributed by atoms with E-state index in [1.807, 2.05) is 5.48 Å². The van der Waals surface area contributed by atoms with Crippen molar-refractivity contribution in [3.8, 4) is 0 Å². The predicted molar refractivity (Wildman–Crippen MR) is 80.5 cm³/mol. The van der Waals surface area contributed by atoms with Crippen LogP contribution in [-0.4, -0.2) is 61.3 Å². The summed E-state index contributed by atoms with van der Waals surface area (Å²) in [5.74, 6) is 0.217. The molecule has 0 unspecified atom stereocenters. The number of nitrogens with zero attached hydrogens (tertiary/aromatic N) is 3. The zero-order valence-electron chi connectivity index (χ0n) is 12.5. The van der Waals surface area contributed by atoms with Gasteiger partial charge in [0.15, 0.2) is 17.4 Å². The quantitative estimate of drug-likeness (QED) is 0.178. The number of imidazole rings is 1. The van der Waals surface area contributed by atoms with Crippen molar-refractivity contribution in [3.05, 3.63) is 16.7 Å². The predicted octanol–water partition coefficient (Wildman–Crippen LogP) is -1.24. The lowest BCUT2D eigenvalue weighted by atomic mass is 10.5. The third-order valence-electron chi connectivity index (χ3n) is 2.90. The Bertz CT molecular complexity index is 786. The molecular weight excluding hydrogens is 347 g/mol. The van der Waals surface area contributed by atoms with Crippen LogP contribution in [0.15, 0.2) is 11.1 Å². The molecule has 6 N–H and O–H groups in total. The summed E-state index contributed by atoms with van der Waals surface area (Å²) < 4.78 is 21.7. The lowest BCUT2D eigenvalue weighted by Crippen LogP contribution is -2.26. The number of hydroxylamine groups is 1. The highest BCUT2D eigenvalue weighted by molar-refractivity contribution is 7.46. The molecule has 0 aromatic carbocycles. The van der Waals surface area contributed by atoms with Crippen LogP contribution < -0.4 is 16.4 Å². The van der Waals surface area contributed by atoms with Crippen molar-refractivity contribution in [2.24, 2.45) is 0 Å². The number of rotatable bonds is 9. The summed E-state index contributed by atoms with van der Waals surface area (Å²) in [5, 5.41) is 11.6. The lowest BCUT2D eigenvalue weighted by molar-refractivity contribution is -0.0311. The first-order chi connectivity index (χ1) is 11.4. The summed E-state index contributed by atoms with van der Waals surface area (Å²) >= 11 is 0. The maximum Gasteiger partial charge on any atom is 0.469 e. The highest BCUT2D eigenvalue weighted by atomic mass is 31.2. The second-order valence-corrected chi connectivity index (χ2v) is 5.74. The van der Waals surface area contributed by atoms with Gasteiger partial charge in [-0.3, -0.25) is 18.9 Å². The molecule has 1 atom stereocenters. The standard InChI is InChI=1S/C10H17N6O7P/c1-11-10-14-8-7(9(17)15-10)12-5-16(8)6(4-13-18)22-2-3-23-24(19,20)21/h5-6,13,18H,2-4H2,1H3,(H2,19,20,21)(H2,11,14,15,17)/t6-/m1/s1. The largest absolute Gasteiger partial charge is 0.469 e. The molecule has 134 valence electrons. The zero-order chi connectivity index (χ0) is 17.7. The van der Waals surface area contributed by atoms with Crippen LogP contribution in [0.2, 0.25) is 0 Å². The summed E-state index contributed by atoms with van der Waals surface area (Å²) in [6, 6.07) is 0. The first-order valence-corrected chi connectivity index (χ1v) is 8.22. The molecule has 0 radical (unpaired) electrons. The monoisotopic (exact) mass is 364 g/mol. The second kappa shape index (κ2) is 7.81. The van der Waals surface area contributed by atoms with Crippen molar-refractivity contribution in [2.75, 3.05) is 32.1 Å². The van der Waals surface area contributed by atoms with Crippen molar-refractivity contribution < 1.29 is 28.8 Å². The van der Waals surface area contributed by atoms with E-state index in [9.17, 15) is 9.36 Å². The van der Waals surface area contributed by atoms with E-state index in [2.05, 4.69) is 24.8 Å². The van der Waals surface area contributed by atoms with Gasteiger partial charge in [0.2, 0.25) is 5.95 Å². The van der Waals surface area contributed by atoms with Gasteiger partial charge in [-0.15, -0.1) is 0 Å². The normalized spacial score (nSPS) is 13.3. The fourth-order valence-corrected chi connectivity index (χ4v) is 2.22. The molecule has 0 bridgehead atoms. The Labute approximate surface area is 134 Å². The number of hydrogen-bond donors (Lipinski definition) is 6. The molecule has 0 aliphatic heterocycles. The minimum absolute atomic E-state index is 0.0759. The van der Waals surface area contributed by atoms with Gasteiger partial charge in [-0.1, -0.05) is 0 Å². The summed E-state index contributed by atoms with van der Waals surface area (Å²) in [6.07, 6.45) is 0.456. The van der Waals surface area contributed by atoms with E-state index in [-0.39, 0.29) is 36.9 Å². The van der Waals surface area contributed by atoms with Crippen LogP contribution >= 0.6 is 7.82 Å². The molecule has 0 saturated heterocycles. The molecule has 2 aromatic heterocycles. The Morgan fingerprint density at radius 3 is 2.83 bits per heavy atom. The second-order valence-electron chi connectivity index (χ2n) is 4.50. The van der Waals surface area contributed by atoms with Gasteiger partial charge in [0.1, 0.15) is 0 Å². The van der Waals surface area contributed by atoms with Crippen LogP contribution in [0.3, 0.4) is 0 Å². The first-order valence-electron chi connectivity index (χ1n) is 6.69. The van der Waals surface area contributed by atoms with Crippen molar-refractivity contribution in [1.29, 1.82) is 0 Å². The molecule has 2 rings (SSSR count). The molecule has 0 saturated carbocycles. The highest BCUT2D eigenvalue weighted by Crippen LogP contribution is 2.35. The van der Waals surface area contributed by atoms with Gasteiger partial charge in [0, 0.05) is 7.05 Å². The molecule has 0 fully saturated rings. The smallest absolute Gasteiger partial charge is 0.359 e. The van der Waals surface area contributed by atoms with Crippen LogP contribution in [0.4, 0.5) is 5.95 Å². The number of hydrogen-bond acceptors (Lipinski definition) is 9. The van der Waals surface area contributed by atoms with E-state index < -0.39 is 19.6 Å². The van der Waals surface area contributed by atoms with E-state index in [0.717, 1.165) is 0 Å².